The van der Waals surface area contributed by atoms with Crippen molar-refractivity contribution in [2.75, 3.05) is 4.90 Å². The average molecular weight is 513 g/mol. The molecule has 1 aliphatic heterocycles. The summed E-state index contributed by atoms with van der Waals surface area (Å²) in [6.45, 7) is 20.7. The number of carbonyl (C=O) groups is 2. The number of hydrogen-bond acceptors (Lipinski definition) is 7. The van der Waals surface area contributed by atoms with E-state index in [-0.39, 0.29) is 29.6 Å². The molecule has 37 heavy (non-hydrogen) atoms. The lowest BCUT2D eigenvalue weighted by Crippen LogP contribution is -2.41. The highest BCUT2D eigenvalue weighted by Gasteiger charge is 2.50. The smallest absolute Gasteiger partial charge is 0.427 e. The fourth-order valence-electron chi connectivity index (χ4n) is 4.87. The largest absolute Gasteiger partial charge is 0.464 e. The molecule has 4 rings (SSSR count). The highest BCUT2D eigenvalue weighted by Crippen LogP contribution is 2.46. The van der Waals surface area contributed by atoms with Gasteiger partial charge in [0.15, 0.2) is 5.79 Å². The first-order chi connectivity index (χ1) is 16.9. The summed E-state index contributed by atoms with van der Waals surface area (Å²) in [4.78, 5) is 34.5. The fraction of sp³-hybridized carbons (Fsp3) is 0.556. The van der Waals surface area contributed by atoms with E-state index in [2.05, 4.69) is 37.3 Å². The van der Waals surface area contributed by atoms with E-state index in [4.69, 9.17) is 14.2 Å². The Morgan fingerprint density at radius 3 is 2.38 bits per heavy atom. The molecule has 0 saturated carbocycles. The molecule has 0 spiro atoms. The number of fused-ring (bicyclic) bond motifs is 2. The minimum Gasteiger partial charge on any atom is -0.464 e. The molecule has 1 N–H and O–H groups in total. The van der Waals surface area contributed by atoms with Crippen molar-refractivity contribution in [3.63, 3.8) is 0 Å². The minimum atomic E-state index is -1.54. The van der Waals surface area contributed by atoms with Gasteiger partial charge in [0.25, 0.3) is 0 Å². The Morgan fingerprint density at radius 1 is 1.19 bits per heavy atom. The van der Waals surface area contributed by atoms with E-state index in [0.717, 1.165) is 16.5 Å². The molecule has 10 heteroatoms. The van der Waals surface area contributed by atoms with Crippen LogP contribution in [0.1, 0.15) is 72.7 Å². The second-order valence-corrected chi connectivity index (χ2v) is 12.0. The molecule has 0 unspecified atom stereocenters. The average Bonchev–Trinajstić information content (AvgIpc) is 3.34. The molecule has 2 aromatic rings. The van der Waals surface area contributed by atoms with E-state index < -0.39 is 23.6 Å². The number of anilines is 1. The Hall–Kier alpha value is -3.24. The van der Waals surface area contributed by atoms with E-state index in [0.29, 0.717) is 16.2 Å². The molecule has 0 bridgehead atoms. The number of amides is 2. The van der Waals surface area contributed by atoms with Crippen LogP contribution in [-0.4, -0.2) is 55.4 Å². The number of nitrogens with zero attached hydrogens (tertiary/aromatic N) is 4. The Labute approximate surface area is 216 Å². The summed E-state index contributed by atoms with van der Waals surface area (Å²) in [5.41, 5.74) is 1.76. The number of rotatable bonds is 3. The first-order valence-electron chi connectivity index (χ1n) is 12.3. The van der Waals surface area contributed by atoms with Gasteiger partial charge in [0.2, 0.25) is 5.95 Å². The zero-order valence-corrected chi connectivity index (χ0v) is 22.9. The van der Waals surface area contributed by atoms with Gasteiger partial charge in [-0.2, -0.15) is 4.98 Å². The standard InChI is InChI=1S/C27H36N4O6/c1-11-15-12-17(20-19(15)35-27(9,10)36-20)30-13-16(25(3,4)5)18-14(2)28-22(29-21(18)30)31(23(32)33)24(34)37-26(6,7)8/h11-13,17,19-20H,1H2,2-10H3,(H,32,33)/t17-,19-,20+/m1/s1. The van der Waals surface area contributed by atoms with Gasteiger partial charge in [-0.3, -0.25) is 0 Å². The Balaban J connectivity index is 1.94. The predicted molar refractivity (Wildman–Crippen MR) is 139 cm³/mol. The van der Waals surface area contributed by atoms with Gasteiger partial charge in [-0.1, -0.05) is 39.5 Å². The lowest BCUT2D eigenvalue weighted by Gasteiger charge is -2.24. The maximum atomic E-state index is 12.8. The fourth-order valence-corrected chi connectivity index (χ4v) is 4.87. The molecule has 2 aromatic heterocycles. The molecular formula is C27H36N4O6. The summed E-state index contributed by atoms with van der Waals surface area (Å²) in [6, 6.07) is -0.305. The molecule has 3 atom stereocenters. The van der Waals surface area contributed by atoms with Crippen LogP contribution in [-0.2, 0) is 19.6 Å². The topological polar surface area (TPSA) is 116 Å². The summed E-state index contributed by atoms with van der Waals surface area (Å²) in [5, 5.41) is 10.7. The van der Waals surface area contributed by atoms with Gasteiger partial charge in [0.1, 0.15) is 23.5 Å². The van der Waals surface area contributed by atoms with Gasteiger partial charge in [0, 0.05) is 11.6 Å². The van der Waals surface area contributed by atoms with Crippen molar-refractivity contribution in [1.29, 1.82) is 0 Å². The summed E-state index contributed by atoms with van der Waals surface area (Å²) in [5.74, 6) is -1.06. The summed E-state index contributed by atoms with van der Waals surface area (Å²) < 4.78 is 19.7. The van der Waals surface area contributed by atoms with E-state index in [1.807, 2.05) is 30.7 Å². The number of hydrogen-bond donors (Lipinski definition) is 1. The quantitative estimate of drug-likeness (QED) is 0.561. The van der Waals surface area contributed by atoms with Crippen LogP contribution in [0.5, 0.6) is 0 Å². The minimum absolute atomic E-state index is 0.272. The molecule has 10 nitrogen and oxygen atoms in total. The maximum Gasteiger partial charge on any atom is 0.427 e. The van der Waals surface area contributed by atoms with E-state index in [9.17, 15) is 14.7 Å². The van der Waals surface area contributed by atoms with Crippen molar-refractivity contribution >= 4 is 29.2 Å². The SMILES string of the molecule is C=CC1=C[C@@H](n2cc(C(C)(C)C)c3c(C)nc(N(C(=O)O)C(=O)OC(C)(C)C)nc32)[C@@H]2OC(C)(C)O[C@H]12. The molecule has 1 aliphatic carbocycles. The Bertz CT molecular complexity index is 1310. The summed E-state index contributed by atoms with van der Waals surface area (Å²) >= 11 is 0. The van der Waals surface area contributed by atoms with Gasteiger partial charge in [-0.05, 0) is 58.1 Å². The number of carbonyl (C=O) groups excluding carboxylic acids is 1. The van der Waals surface area contributed by atoms with Crippen LogP contribution < -0.4 is 4.90 Å². The zero-order valence-electron chi connectivity index (χ0n) is 22.9. The highest BCUT2D eigenvalue weighted by atomic mass is 16.8. The molecule has 0 aromatic carbocycles. The van der Waals surface area contributed by atoms with Gasteiger partial charge in [-0.25, -0.2) is 14.6 Å². The Kier molecular flexibility index (Phi) is 6.28. The van der Waals surface area contributed by atoms with Crippen LogP contribution in [0.3, 0.4) is 0 Å². The van der Waals surface area contributed by atoms with Gasteiger partial charge >= 0.3 is 12.2 Å². The van der Waals surface area contributed by atoms with Crippen molar-refractivity contribution in [2.24, 2.45) is 0 Å². The molecule has 200 valence electrons. The van der Waals surface area contributed by atoms with Gasteiger partial charge < -0.3 is 23.9 Å². The van der Waals surface area contributed by atoms with Crippen LogP contribution >= 0.6 is 0 Å². The van der Waals surface area contributed by atoms with E-state index in [1.54, 1.807) is 33.8 Å². The van der Waals surface area contributed by atoms with Crippen LogP contribution in [0.2, 0.25) is 0 Å². The lowest BCUT2D eigenvalue weighted by atomic mass is 9.87. The first-order valence-corrected chi connectivity index (χ1v) is 12.3. The predicted octanol–water partition coefficient (Wildman–Crippen LogP) is 5.64. The molecule has 0 radical (unpaired) electrons. The zero-order chi connectivity index (χ0) is 27.7. The molecular weight excluding hydrogens is 476 g/mol. The third-order valence-electron chi connectivity index (χ3n) is 6.33. The van der Waals surface area contributed by atoms with Crippen molar-refractivity contribution in [3.05, 3.63) is 41.8 Å². The number of ether oxygens (including phenoxy) is 3. The van der Waals surface area contributed by atoms with E-state index in [1.165, 1.54) is 0 Å². The number of aromatic nitrogens is 3. The molecule has 1 fully saturated rings. The molecule has 1 saturated heterocycles. The van der Waals surface area contributed by atoms with Crippen LogP contribution in [0.4, 0.5) is 15.5 Å². The third-order valence-corrected chi connectivity index (χ3v) is 6.33. The van der Waals surface area contributed by atoms with E-state index >= 15 is 0 Å². The Morgan fingerprint density at radius 2 is 1.84 bits per heavy atom. The second-order valence-electron chi connectivity index (χ2n) is 12.0. The number of imide groups is 1. The normalized spacial score (nSPS) is 23.1. The second kappa shape index (κ2) is 8.66. The van der Waals surface area contributed by atoms with Crippen LogP contribution in [0, 0.1) is 6.92 Å². The van der Waals surface area contributed by atoms with Crippen molar-refractivity contribution in [1.82, 2.24) is 14.5 Å². The number of carboxylic acid groups (broad SMARTS) is 1. The number of aryl methyl sites for hydroxylation is 1. The first kappa shape index (κ1) is 26.8. The van der Waals surface area contributed by atoms with Crippen LogP contribution in [0.15, 0.2) is 30.5 Å². The highest BCUT2D eigenvalue weighted by molar-refractivity contribution is 6.07. The molecule has 2 aliphatic rings. The molecule has 2 amide bonds. The maximum absolute atomic E-state index is 12.8. The molecule has 3 heterocycles. The summed E-state index contributed by atoms with van der Waals surface area (Å²) in [6.07, 6.45) is 2.55. The van der Waals surface area contributed by atoms with Crippen molar-refractivity contribution in [3.8, 4) is 0 Å². The van der Waals surface area contributed by atoms with Crippen LogP contribution in [0.25, 0.3) is 11.0 Å². The summed E-state index contributed by atoms with van der Waals surface area (Å²) in [7, 11) is 0. The lowest BCUT2D eigenvalue weighted by molar-refractivity contribution is -0.147. The van der Waals surface area contributed by atoms with Crippen molar-refractivity contribution in [2.45, 2.75) is 97.4 Å². The third kappa shape index (κ3) is 4.87. The monoisotopic (exact) mass is 512 g/mol. The van der Waals surface area contributed by atoms with Crippen molar-refractivity contribution < 1.29 is 28.9 Å². The van der Waals surface area contributed by atoms with Gasteiger partial charge in [-0.15, -0.1) is 4.90 Å². The van der Waals surface area contributed by atoms with Gasteiger partial charge in [0.05, 0.1) is 11.7 Å².